The molecule has 1 aliphatic heterocycles. The second-order valence-corrected chi connectivity index (χ2v) is 7.88. The molecule has 2 aromatic carbocycles. The molecule has 9 heteroatoms. The molecular weight excluding hydrogens is 442 g/mol. The van der Waals surface area contributed by atoms with Crippen LogP contribution < -0.4 is 9.47 Å². The summed E-state index contributed by atoms with van der Waals surface area (Å²) >= 11 is 0. The van der Waals surface area contributed by atoms with Gasteiger partial charge < -0.3 is 29.2 Å². The summed E-state index contributed by atoms with van der Waals surface area (Å²) in [6, 6.07) is 5.90. The minimum Gasteiger partial charge on any atom is -0.508 e. The average Bonchev–Trinajstić information content (AvgIpc) is 2.83. The summed E-state index contributed by atoms with van der Waals surface area (Å²) in [4.78, 5) is 27.0. The molecule has 1 fully saturated rings. The summed E-state index contributed by atoms with van der Waals surface area (Å²) < 4.78 is 21.8. The highest BCUT2D eigenvalue weighted by Crippen LogP contribution is 2.36. The van der Waals surface area contributed by atoms with E-state index < -0.39 is 17.5 Å². The fourth-order valence-corrected chi connectivity index (χ4v) is 3.91. The number of carbonyl (C=O) groups is 2. The predicted molar refractivity (Wildman–Crippen MR) is 124 cm³/mol. The first-order valence-electron chi connectivity index (χ1n) is 11.2. The van der Waals surface area contributed by atoms with Crippen LogP contribution in [0.4, 0.5) is 0 Å². The van der Waals surface area contributed by atoms with Crippen molar-refractivity contribution in [2.75, 3.05) is 46.6 Å². The number of ketones is 1. The van der Waals surface area contributed by atoms with E-state index in [0.717, 1.165) is 25.7 Å². The lowest BCUT2D eigenvalue weighted by Gasteiger charge is -2.26. The highest BCUT2D eigenvalue weighted by Gasteiger charge is 2.25. The van der Waals surface area contributed by atoms with Crippen LogP contribution in [0.1, 0.15) is 40.9 Å². The van der Waals surface area contributed by atoms with Crippen molar-refractivity contribution in [1.29, 1.82) is 0 Å². The lowest BCUT2D eigenvalue weighted by Crippen LogP contribution is -2.38. The summed E-state index contributed by atoms with van der Waals surface area (Å²) in [5.74, 6) is -0.719. The lowest BCUT2D eigenvalue weighted by atomic mass is 9.92. The minimum absolute atomic E-state index is 0.0288. The highest BCUT2D eigenvalue weighted by molar-refractivity contribution is 6.12. The molecule has 2 N–H and O–H groups in total. The van der Waals surface area contributed by atoms with E-state index in [9.17, 15) is 19.8 Å². The maximum Gasteiger partial charge on any atom is 0.302 e. The van der Waals surface area contributed by atoms with Crippen molar-refractivity contribution in [1.82, 2.24) is 4.90 Å². The number of phenolic OH excluding ortho intramolecular Hbond substituents is 2. The van der Waals surface area contributed by atoms with E-state index in [4.69, 9.17) is 18.9 Å². The van der Waals surface area contributed by atoms with Crippen LogP contribution in [0.25, 0.3) is 0 Å². The second-order valence-electron chi connectivity index (χ2n) is 7.88. The van der Waals surface area contributed by atoms with E-state index in [2.05, 4.69) is 4.90 Å². The van der Waals surface area contributed by atoms with Crippen LogP contribution in [0.3, 0.4) is 0 Å². The Morgan fingerprint density at radius 1 is 1.06 bits per heavy atom. The van der Waals surface area contributed by atoms with Crippen molar-refractivity contribution in [2.45, 2.75) is 26.9 Å². The Kier molecular flexibility index (Phi) is 8.72. The topological polar surface area (TPSA) is 115 Å². The van der Waals surface area contributed by atoms with Crippen LogP contribution in [-0.4, -0.2) is 73.4 Å². The minimum atomic E-state index is -0.538. The van der Waals surface area contributed by atoms with Crippen LogP contribution >= 0.6 is 0 Å². The predicted octanol–water partition coefficient (Wildman–Crippen LogP) is 2.67. The van der Waals surface area contributed by atoms with Crippen molar-refractivity contribution >= 4 is 11.8 Å². The Morgan fingerprint density at radius 3 is 2.44 bits per heavy atom. The molecule has 1 aliphatic rings. The third-order valence-electron chi connectivity index (χ3n) is 5.70. The van der Waals surface area contributed by atoms with Crippen molar-refractivity contribution in [3.05, 3.63) is 46.5 Å². The summed E-state index contributed by atoms with van der Waals surface area (Å²) in [5, 5.41) is 20.8. The second kappa shape index (κ2) is 11.7. The molecule has 34 heavy (non-hydrogen) atoms. The summed E-state index contributed by atoms with van der Waals surface area (Å²) in [6.45, 7) is 7.14. The largest absolute Gasteiger partial charge is 0.508 e. The van der Waals surface area contributed by atoms with E-state index >= 15 is 0 Å². The van der Waals surface area contributed by atoms with Crippen LogP contribution in [0.5, 0.6) is 23.0 Å². The molecule has 0 radical (unpaired) electrons. The van der Waals surface area contributed by atoms with Crippen LogP contribution in [-0.2, 0) is 27.3 Å². The monoisotopic (exact) mass is 473 g/mol. The molecule has 9 nitrogen and oxygen atoms in total. The Balaban J connectivity index is 1.85. The van der Waals surface area contributed by atoms with Gasteiger partial charge in [-0.15, -0.1) is 0 Å². The van der Waals surface area contributed by atoms with Gasteiger partial charge in [0.05, 0.1) is 25.9 Å². The highest BCUT2D eigenvalue weighted by atomic mass is 16.5. The van der Waals surface area contributed by atoms with Gasteiger partial charge in [0.25, 0.3) is 0 Å². The first-order valence-corrected chi connectivity index (χ1v) is 11.2. The number of ether oxygens (including phenoxy) is 4. The number of hydrogen-bond acceptors (Lipinski definition) is 9. The molecule has 3 rings (SSSR count). The number of rotatable bonds is 10. The Bertz CT molecular complexity index is 1030. The molecule has 1 saturated heterocycles. The molecule has 0 unspecified atom stereocenters. The van der Waals surface area contributed by atoms with Crippen LogP contribution in [0, 0.1) is 0 Å². The number of morpholine rings is 1. The molecular formula is C25H31NO8. The third kappa shape index (κ3) is 5.98. The SMILES string of the molecule is CCc1c(O)cc(O)c(C(=O)c2ccc(OCCN3CCOCC3)c(OC)c2)c1COC(C)=O. The van der Waals surface area contributed by atoms with E-state index in [1.54, 1.807) is 25.1 Å². The average molecular weight is 474 g/mol. The summed E-state index contributed by atoms with van der Waals surface area (Å²) in [5.41, 5.74) is 0.922. The van der Waals surface area contributed by atoms with Gasteiger partial charge in [-0.3, -0.25) is 14.5 Å². The fraction of sp³-hybridized carbons (Fsp3) is 0.440. The number of methoxy groups -OCH3 is 1. The maximum absolute atomic E-state index is 13.4. The third-order valence-corrected chi connectivity index (χ3v) is 5.70. The van der Waals surface area contributed by atoms with Gasteiger partial charge >= 0.3 is 5.97 Å². The molecule has 0 amide bonds. The van der Waals surface area contributed by atoms with E-state index in [0.29, 0.717) is 43.3 Å². The number of benzene rings is 2. The van der Waals surface area contributed by atoms with Gasteiger partial charge in [-0.2, -0.15) is 0 Å². The van der Waals surface area contributed by atoms with Gasteiger partial charge in [-0.05, 0) is 24.6 Å². The summed E-state index contributed by atoms with van der Waals surface area (Å²) in [7, 11) is 1.48. The van der Waals surface area contributed by atoms with Gasteiger partial charge in [-0.25, -0.2) is 0 Å². The number of nitrogens with zero attached hydrogens (tertiary/aromatic N) is 1. The number of hydrogen-bond donors (Lipinski definition) is 2. The van der Waals surface area contributed by atoms with E-state index in [1.807, 2.05) is 0 Å². The van der Waals surface area contributed by atoms with Gasteiger partial charge in [0.15, 0.2) is 17.3 Å². The first-order chi connectivity index (χ1) is 16.3. The first kappa shape index (κ1) is 25.3. The quantitative estimate of drug-likeness (QED) is 0.397. The fourth-order valence-electron chi connectivity index (χ4n) is 3.91. The number of aromatic hydroxyl groups is 2. The molecule has 2 aromatic rings. The molecule has 184 valence electrons. The molecule has 0 saturated carbocycles. The van der Waals surface area contributed by atoms with Crippen LogP contribution in [0.2, 0.25) is 0 Å². The molecule has 0 bridgehead atoms. The number of carbonyl (C=O) groups excluding carboxylic acids is 2. The van der Waals surface area contributed by atoms with Gasteiger partial charge in [-0.1, -0.05) is 6.92 Å². The van der Waals surface area contributed by atoms with Gasteiger partial charge in [0.2, 0.25) is 0 Å². The van der Waals surface area contributed by atoms with Crippen molar-refractivity contribution in [3.63, 3.8) is 0 Å². The van der Waals surface area contributed by atoms with Gasteiger partial charge in [0.1, 0.15) is 24.7 Å². The molecule has 0 aliphatic carbocycles. The van der Waals surface area contributed by atoms with E-state index in [1.165, 1.54) is 14.0 Å². The zero-order chi connectivity index (χ0) is 24.7. The Hall–Kier alpha value is -3.30. The zero-order valence-electron chi connectivity index (χ0n) is 19.8. The summed E-state index contributed by atoms with van der Waals surface area (Å²) in [6.07, 6.45) is 0.377. The van der Waals surface area contributed by atoms with Crippen molar-refractivity contribution in [2.24, 2.45) is 0 Å². The van der Waals surface area contributed by atoms with Crippen molar-refractivity contribution in [3.8, 4) is 23.0 Å². The Labute approximate surface area is 198 Å². The van der Waals surface area contributed by atoms with Crippen LogP contribution in [0.15, 0.2) is 24.3 Å². The standard InChI is InChI=1S/C25H31NO8/c1-4-18-19(15-34-16(2)27)24(21(29)14-20(18)28)25(30)17-5-6-22(23(13-17)31-3)33-12-9-26-7-10-32-11-8-26/h5-6,13-14,28-29H,4,7-12,15H2,1-3H3. The molecule has 0 spiro atoms. The molecule has 0 aromatic heterocycles. The molecule has 0 atom stereocenters. The smallest absolute Gasteiger partial charge is 0.302 e. The van der Waals surface area contributed by atoms with Gasteiger partial charge in [0, 0.05) is 49.3 Å². The lowest BCUT2D eigenvalue weighted by molar-refractivity contribution is -0.142. The molecule has 1 heterocycles. The number of phenols is 2. The number of esters is 1. The van der Waals surface area contributed by atoms with Crippen molar-refractivity contribution < 1.29 is 38.7 Å². The Morgan fingerprint density at radius 2 is 1.79 bits per heavy atom. The zero-order valence-corrected chi connectivity index (χ0v) is 19.8. The van der Waals surface area contributed by atoms with E-state index in [-0.39, 0.29) is 29.0 Å². The maximum atomic E-state index is 13.4. The normalized spacial score (nSPS) is 14.0.